The van der Waals surface area contributed by atoms with Crippen molar-refractivity contribution >= 4 is 21.4 Å². The van der Waals surface area contributed by atoms with Crippen LogP contribution in [0.5, 0.6) is 0 Å². The minimum atomic E-state index is -3.48. The van der Waals surface area contributed by atoms with Crippen LogP contribution in [0.2, 0.25) is 0 Å². The molecule has 1 heterocycles. The highest BCUT2D eigenvalue weighted by atomic mass is 32.2. The van der Waals surface area contributed by atoms with E-state index in [0.29, 0.717) is 17.8 Å². The third-order valence-corrected chi connectivity index (χ3v) is 6.03. The average molecular weight is 311 g/mol. The van der Waals surface area contributed by atoms with Gasteiger partial charge >= 0.3 is 0 Å². The van der Waals surface area contributed by atoms with Gasteiger partial charge in [-0.15, -0.1) is 11.3 Å². The van der Waals surface area contributed by atoms with Crippen LogP contribution in [-0.4, -0.2) is 20.1 Å². The molecule has 0 radical (unpaired) electrons. The van der Waals surface area contributed by atoms with Crippen LogP contribution in [-0.2, 0) is 23.1 Å². The molecular formula is C14H17NO3S2. The standard InChI is InChI=1S/C14H17NO3S2/c1-11-4-2-3-5-12(11)8-9-15-20(17,18)14-7-6-13(10-16)19-14/h2-7,15-16H,8-10H2,1H3. The average Bonchev–Trinajstić information content (AvgIpc) is 2.90. The third-order valence-electron chi connectivity index (χ3n) is 3.01. The molecule has 0 saturated carbocycles. The van der Waals surface area contributed by atoms with E-state index in [1.165, 1.54) is 6.07 Å². The molecule has 0 atom stereocenters. The summed E-state index contributed by atoms with van der Waals surface area (Å²) in [6, 6.07) is 11.1. The first-order valence-electron chi connectivity index (χ1n) is 6.26. The van der Waals surface area contributed by atoms with Crippen molar-refractivity contribution in [3.63, 3.8) is 0 Å². The van der Waals surface area contributed by atoms with Crippen molar-refractivity contribution in [2.45, 2.75) is 24.2 Å². The van der Waals surface area contributed by atoms with E-state index in [0.717, 1.165) is 22.5 Å². The maximum absolute atomic E-state index is 12.1. The van der Waals surface area contributed by atoms with E-state index in [1.54, 1.807) is 6.07 Å². The Balaban J connectivity index is 1.98. The van der Waals surface area contributed by atoms with Gasteiger partial charge in [0.25, 0.3) is 0 Å². The number of thiophene rings is 1. The first-order chi connectivity index (χ1) is 9.53. The summed E-state index contributed by atoms with van der Waals surface area (Å²) in [4.78, 5) is 0.643. The van der Waals surface area contributed by atoms with Gasteiger partial charge in [0.2, 0.25) is 10.0 Å². The fourth-order valence-electron chi connectivity index (χ4n) is 1.87. The van der Waals surface area contributed by atoms with Crippen LogP contribution in [0.15, 0.2) is 40.6 Å². The molecule has 20 heavy (non-hydrogen) atoms. The Morgan fingerprint density at radius 3 is 2.60 bits per heavy atom. The zero-order valence-electron chi connectivity index (χ0n) is 11.2. The van der Waals surface area contributed by atoms with Crippen LogP contribution >= 0.6 is 11.3 Å². The van der Waals surface area contributed by atoms with Crippen LogP contribution in [0.1, 0.15) is 16.0 Å². The number of sulfonamides is 1. The molecule has 108 valence electrons. The lowest BCUT2D eigenvalue weighted by Gasteiger charge is -2.07. The first kappa shape index (κ1) is 15.2. The molecular weight excluding hydrogens is 294 g/mol. The topological polar surface area (TPSA) is 66.4 Å². The number of aliphatic hydroxyl groups is 1. The molecule has 0 aliphatic carbocycles. The van der Waals surface area contributed by atoms with Gasteiger partial charge in [0.05, 0.1) is 6.61 Å². The largest absolute Gasteiger partial charge is 0.391 e. The summed E-state index contributed by atoms with van der Waals surface area (Å²) < 4.78 is 26.9. The van der Waals surface area contributed by atoms with Crippen molar-refractivity contribution in [2.24, 2.45) is 0 Å². The summed E-state index contributed by atoms with van der Waals surface area (Å²) >= 11 is 1.09. The number of hydrogen-bond acceptors (Lipinski definition) is 4. The molecule has 0 aliphatic heterocycles. The maximum Gasteiger partial charge on any atom is 0.250 e. The molecule has 2 rings (SSSR count). The Hall–Kier alpha value is -1.21. The summed E-state index contributed by atoms with van der Waals surface area (Å²) in [5, 5.41) is 8.97. The molecule has 1 aromatic heterocycles. The highest BCUT2D eigenvalue weighted by molar-refractivity contribution is 7.91. The smallest absolute Gasteiger partial charge is 0.250 e. The highest BCUT2D eigenvalue weighted by Crippen LogP contribution is 2.21. The van der Waals surface area contributed by atoms with E-state index < -0.39 is 10.0 Å². The lowest BCUT2D eigenvalue weighted by atomic mass is 10.1. The first-order valence-corrected chi connectivity index (χ1v) is 8.56. The quantitative estimate of drug-likeness (QED) is 0.858. The molecule has 0 bridgehead atoms. The number of nitrogens with one attached hydrogen (secondary N) is 1. The molecule has 6 heteroatoms. The van der Waals surface area contributed by atoms with Crippen LogP contribution in [0.25, 0.3) is 0 Å². The van der Waals surface area contributed by atoms with Crippen LogP contribution in [0.3, 0.4) is 0 Å². The van der Waals surface area contributed by atoms with E-state index in [4.69, 9.17) is 5.11 Å². The number of hydrogen-bond donors (Lipinski definition) is 2. The molecule has 2 aromatic rings. The fraction of sp³-hybridized carbons (Fsp3) is 0.286. The lowest BCUT2D eigenvalue weighted by Crippen LogP contribution is -2.25. The second-order valence-corrected chi connectivity index (χ2v) is 7.62. The normalized spacial score (nSPS) is 11.7. The van der Waals surface area contributed by atoms with E-state index in [1.807, 2.05) is 31.2 Å². The minimum absolute atomic E-state index is 0.136. The summed E-state index contributed by atoms with van der Waals surface area (Å²) in [5.41, 5.74) is 2.29. The molecule has 0 saturated heterocycles. The van der Waals surface area contributed by atoms with Crippen molar-refractivity contribution < 1.29 is 13.5 Å². The summed E-state index contributed by atoms with van der Waals surface area (Å²) in [6.07, 6.45) is 0.657. The highest BCUT2D eigenvalue weighted by Gasteiger charge is 2.16. The van der Waals surface area contributed by atoms with Crippen molar-refractivity contribution in [1.82, 2.24) is 4.72 Å². The van der Waals surface area contributed by atoms with Gasteiger partial charge in [-0.3, -0.25) is 0 Å². The lowest BCUT2D eigenvalue weighted by molar-refractivity contribution is 0.285. The summed E-state index contributed by atoms with van der Waals surface area (Å²) in [7, 11) is -3.48. The van der Waals surface area contributed by atoms with Gasteiger partial charge in [0.1, 0.15) is 4.21 Å². The Morgan fingerprint density at radius 1 is 1.20 bits per heavy atom. The third kappa shape index (κ3) is 3.67. The van der Waals surface area contributed by atoms with Gasteiger partial charge in [-0.25, -0.2) is 13.1 Å². The number of benzene rings is 1. The minimum Gasteiger partial charge on any atom is -0.391 e. The SMILES string of the molecule is Cc1ccccc1CCNS(=O)(=O)c1ccc(CO)s1. The number of aryl methyl sites for hydroxylation is 1. The number of rotatable bonds is 6. The summed E-state index contributed by atoms with van der Waals surface area (Å²) in [6.45, 7) is 2.24. The van der Waals surface area contributed by atoms with Crippen molar-refractivity contribution in [2.75, 3.05) is 6.54 Å². The van der Waals surface area contributed by atoms with Crippen LogP contribution in [0.4, 0.5) is 0 Å². The van der Waals surface area contributed by atoms with E-state index in [2.05, 4.69) is 4.72 Å². The van der Waals surface area contributed by atoms with Gasteiger partial charge in [-0.2, -0.15) is 0 Å². The van der Waals surface area contributed by atoms with Crippen LogP contribution in [0, 0.1) is 6.92 Å². The van der Waals surface area contributed by atoms with Crippen molar-refractivity contribution in [3.8, 4) is 0 Å². The van der Waals surface area contributed by atoms with E-state index >= 15 is 0 Å². The molecule has 2 N–H and O–H groups in total. The molecule has 0 fully saturated rings. The van der Waals surface area contributed by atoms with Crippen molar-refractivity contribution in [3.05, 3.63) is 52.4 Å². The molecule has 1 aromatic carbocycles. The second-order valence-electron chi connectivity index (χ2n) is 4.45. The zero-order valence-corrected chi connectivity index (χ0v) is 12.8. The summed E-state index contributed by atoms with van der Waals surface area (Å²) in [5.74, 6) is 0. The van der Waals surface area contributed by atoms with Crippen LogP contribution < -0.4 is 4.72 Å². The Kier molecular flexibility index (Phi) is 4.93. The Labute approximate surface area is 123 Å². The Morgan fingerprint density at radius 2 is 1.95 bits per heavy atom. The van der Waals surface area contributed by atoms with Gasteiger partial charge in [0.15, 0.2) is 0 Å². The molecule has 0 spiro atoms. The fourth-order valence-corrected chi connectivity index (χ4v) is 4.16. The van der Waals surface area contributed by atoms with Crippen molar-refractivity contribution in [1.29, 1.82) is 0 Å². The Bertz CT molecular complexity index is 677. The van der Waals surface area contributed by atoms with E-state index in [-0.39, 0.29) is 10.8 Å². The predicted octanol–water partition coefficient (Wildman–Crippen LogP) is 2.07. The monoisotopic (exact) mass is 311 g/mol. The maximum atomic E-state index is 12.1. The molecule has 0 aliphatic rings. The molecule has 0 unspecified atom stereocenters. The van der Waals surface area contributed by atoms with Gasteiger partial charge in [-0.1, -0.05) is 24.3 Å². The molecule has 0 amide bonds. The van der Waals surface area contributed by atoms with Gasteiger partial charge in [-0.05, 0) is 36.6 Å². The van der Waals surface area contributed by atoms with Gasteiger partial charge < -0.3 is 5.11 Å². The number of aliphatic hydroxyl groups excluding tert-OH is 1. The predicted molar refractivity (Wildman–Crippen MR) is 80.3 cm³/mol. The zero-order chi connectivity index (χ0) is 14.6. The molecule has 4 nitrogen and oxygen atoms in total. The van der Waals surface area contributed by atoms with Gasteiger partial charge in [0, 0.05) is 11.4 Å². The second kappa shape index (κ2) is 6.49. The van der Waals surface area contributed by atoms with E-state index in [9.17, 15) is 8.42 Å².